The van der Waals surface area contributed by atoms with Crippen molar-refractivity contribution in [3.63, 3.8) is 0 Å². The van der Waals surface area contributed by atoms with Crippen molar-refractivity contribution in [2.75, 3.05) is 30.3 Å². The molecule has 1 fully saturated rings. The third kappa shape index (κ3) is 4.75. The summed E-state index contributed by atoms with van der Waals surface area (Å²) in [5.74, 6) is 0.807. The lowest BCUT2D eigenvalue weighted by atomic mass is 10.2. The number of carbonyl (C=O) groups excluding carboxylic acids is 1. The van der Waals surface area contributed by atoms with E-state index in [4.69, 9.17) is 16.7 Å². The molecule has 144 valence electrons. The summed E-state index contributed by atoms with van der Waals surface area (Å²) >= 11 is 6.20. The van der Waals surface area contributed by atoms with Gasteiger partial charge in [-0.3, -0.25) is 9.48 Å². The number of aliphatic hydroxyl groups is 1. The molecule has 1 aliphatic rings. The van der Waals surface area contributed by atoms with Crippen LogP contribution >= 0.6 is 11.6 Å². The third-order valence-electron chi connectivity index (χ3n) is 4.30. The molecule has 27 heavy (non-hydrogen) atoms. The van der Waals surface area contributed by atoms with E-state index >= 15 is 0 Å². The fourth-order valence-corrected chi connectivity index (χ4v) is 3.16. The highest BCUT2D eigenvalue weighted by atomic mass is 35.5. The summed E-state index contributed by atoms with van der Waals surface area (Å²) in [6.45, 7) is 5.26. The molecule has 0 unspecified atom stereocenters. The molecule has 10 heteroatoms. The minimum absolute atomic E-state index is 0.0131. The van der Waals surface area contributed by atoms with Gasteiger partial charge in [0.05, 0.1) is 31.2 Å². The van der Waals surface area contributed by atoms with Gasteiger partial charge in [-0.05, 0) is 18.9 Å². The van der Waals surface area contributed by atoms with Crippen molar-refractivity contribution in [1.82, 2.24) is 24.6 Å². The minimum Gasteiger partial charge on any atom is -0.394 e. The van der Waals surface area contributed by atoms with Crippen LogP contribution in [0.15, 0.2) is 31.2 Å². The minimum atomic E-state index is -0.0599. The SMILES string of the molecule is C=CC(=O)N1CCC[C@@H]1CNc1nc(Nc2cnn(CCO)c2)ncc1Cl. The Balaban J connectivity index is 1.64. The number of hydrogen-bond donors (Lipinski definition) is 3. The zero-order valence-corrected chi connectivity index (χ0v) is 15.6. The lowest BCUT2D eigenvalue weighted by Crippen LogP contribution is -2.38. The van der Waals surface area contributed by atoms with Gasteiger partial charge in [0, 0.05) is 25.3 Å². The molecule has 1 amide bonds. The molecule has 9 nitrogen and oxygen atoms in total. The first-order valence-corrected chi connectivity index (χ1v) is 9.08. The van der Waals surface area contributed by atoms with Crippen LogP contribution in [0.3, 0.4) is 0 Å². The molecule has 0 aromatic carbocycles. The van der Waals surface area contributed by atoms with Gasteiger partial charge in [-0.15, -0.1) is 0 Å². The van der Waals surface area contributed by atoms with Crippen molar-refractivity contribution in [2.24, 2.45) is 0 Å². The first-order valence-electron chi connectivity index (χ1n) is 8.70. The van der Waals surface area contributed by atoms with Crippen LogP contribution in [-0.2, 0) is 11.3 Å². The van der Waals surface area contributed by atoms with E-state index in [0.717, 1.165) is 19.4 Å². The van der Waals surface area contributed by atoms with E-state index in [2.05, 4.69) is 32.3 Å². The quantitative estimate of drug-likeness (QED) is 0.587. The van der Waals surface area contributed by atoms with E-state index in [1.165, 1.54) is 12.3 Å². The summed E-state index contributed by atoms with van der Waals surface area (Å²) < 4.78 is 1.61. The van der Waals surface area contributed by atoms with Crippen LogP contribution in [-0.4, -0.2) is 61.4 Å². The average Bonchev–Trinajstić information content (AvgIpc) is 3.31. The lowest BCUT2D eigenvalue weighted by molar-refractivity contribution is -0.126. The van der Waals surface area contributed by atoms with E-state index in [1.807, 2.05) is 4.90 Å². The molecular weight excluding hydrogens is 370 g/mol. The fourth-order valence-electron chi connectivity index (χ4n) is 3.00. The van der Waals surface area contributed by atoms with Gasteiger partial charge in [-0.25, -0.2) is 4.98 Å². The van der Waals surface area contributed by atoms with Crippen LogP contribution in [0.5, 0.6) is 0 Å². The molecule has 1 atom stereocenters. The molecule has 1 saturated heterocycles. The van der Waals surface area contributed by atoms with Gasteiger partial charge < -0.3 is 20.6 Å². The predicted molar refractivity (Wildman–Crippen MR) is 103 cm³/mol. The number of aliphatic hydroxyl groups excluding tert-OH is 1. The Bertz CT molecular complexity index is 810. The summed E-state index contributed by atoms with van der Waals surface area (Å²) in [5, 5.41) is 19.7. The highest BCUT2D eigenvalue weighted by Crippen LogP contribution is 2.23. The molecule has 0 saturated carbocycles. The first-order chi connectivity index (χ1) is 13.1. The van der Waals surface area contributed by atoms with E-state index in [9.17, 15) is 4.79 Å². The maximum Gasteiger partial charge on any atom is 0.246 e. The number of likely N-dealkylation sites (tertiary alicyclic amines) is 1. The van der Waals surface area contributed by atoms with E-state index in [1.54, 1.807) is 17.1 Å². The second-order valence-electron chi connectivity index (χ2n) is 6.14. The third-order valence-corrected chi connectivity index (χ3v) is 4.58. The van der Waals surface area contributed by atoms with Crippen LogP contribution in [0.4, 0.5) is 17.5 Å². The second-order valence-corrected chi connectivity index (χ2v) is 6.55. The van der Waals surface area contributed by atoms with E-state index < -0.39 is 0 Å². The largest absolute Gasteiger partial charge is 0.394 e. The molecule has 0 aliphatic carbocycles. The van der Waals surface area contributed by atoms with Crippen LogP contribution in [0.25, 0.3) is 0 Å². The Morgan fingerprint density at radius 2 is 2.33 bits per heavy atom. The monoisotopic (exact) mass is 391 g/mol. The second kappa shape index (κ2) is 8.83. The molecule has 3 rings (SSSR count). The number of aromatic nitrogens is 4. The number of anilines is 3. The Morgan fingerprint density at radius 1 is 1.48 bits per heavy atom. The Morgan fingerprint density at radius 3 is 3.11 bits per heavy atom. The maximum atomic E-state index is 11.9. The molecular formula is C17H22ClN7O2. The predicted octanol–water partition coefficient (Wildman–Crippen LogP) is 1.65. The number of nitrogens with one attached hydrogen (secondary N) is 2. The topological polar surface area (TPSA) is 108 Å². The number of amides is 1. The highest BCUT2D eigenvalue weighted by Gasteiger charge is 2.27. The lowest BCUT2D eigenvalue weighted by Gasteiger charge is -2.24. The molecule has 3 heterocycles. The van der Waals surface area contributed by atoms with Crippen LogP contribution < -0.4 is 10.6 Å². The summed E-state index contributed by atoms with van der Waals surface area (Å²) in [4.78, 5) is 22.3. The standard InChI is InChI=1S/C17H22ClN7O2/c1-2-15(27)25-5-3-4-13(25)9-19-16-14(18)10-20-17(23-16)22-12-8-21-24(11-12)6-7-26/h2,8,10-11,13,26H,1,3-7,9H2,(H2,19,20,22,23)/t13-/m1/s1. The van der Waals surface area contributed by atoms with Gasteiger partial charge in [0.1, 0.15) is 5.02 Å². The number of halogens is 1. The Labute approximate surface area is 162 Å². The Kier molecular flexibility index (Phi) is 6.25. The van der Waals surface area contributed by atoms with Crippen LogP contribution in [0.1, 0.15) is 12.8 Å². The van der Waals surface area contributed by atoms with Crippen molar-refractivity contribution in [3.8, 4) is 0 Å². The van der Waals surface area contributed by atoms with Crippen molar-refractivity contribution >= 4 is 35.0 Å². The zero-order chi connectivity index (χ0) is 19.2. The van der Waals surface area contributed by atoms with Gasteiger partial charge in [0.25, 0.3) is 0 Å². The molecule has 0 bridgehead atoms. The molecule has 0 radical (unpaired) electrons. The maximum absolute atomic E-state index is 11.9. The van der Waals surface area contributed by atoms with Crippen LogP contribution in [0.2, 0.25) is 5.02 Å². The summed E-state index contributed by atoms with van der Waals surface area (Å²) in [5.41, 5.74) is 0.704. The number of rotatable bonds is 8. The first kappa shape index (κ1) is 19.1. The van der Waals surface area contributed by atoms with Gasteiger partial charge in [0.2, 0.25) is 11.9 Å². The molecule has 3 N–H and O–H groups in total. The van der Waals surface area contributed by atoms with Crippen molar-refractivity contribution < 1.29 is 9.90 Å². The summed E-state index contributed by atoms with van der Waals surface area (Å²) in [7, 11) is 0. The molecule has 2 aromatic heterocycles. The molecule has 2 aromatic rings. The van der Waals surface area contributed by atoms with Gasteiger partial charge in [-0.1, -0.05) is 18.2 Å². The zero-order valence-electron chi connectivity index (χ0n) is 14.8. The average molecular weight is 392 g/mol. The van der Waals surface area contributed by atoms with Gasteiger partial charge >= 0.3 is 0 Å². The van der Waals surface area contributed by atoms with Crippen molar-refractivity contribution in [3.05, 3.63) is 36.3 Å². The van der Waals surface area contributed by atoms with Crippen molar-refractivity contribution in [2.45, 2.75) is 25.4 Å². The van der Waals surface area contributed by atoms with E-state index in [-0.39, 0.29) is 18.6 Å². The smallest absolute Gasteiger partial charge is 0.246 e. The number of hydrogen-bond acceptors (Lipinski definition) is 7. The number of nitrogens with zero attached hydrogens (tertiary/aromatic N) is 5. The van der Waals surface area contributed by atoms with Gasteiger partial charge in [-0.2, -0.15) is 10.1 Å². The van der Waals surface area contributed by atoms with Crippen LogP contribution in [0, 0.1) is 0 Å². The molecule has 1 aliphatic heterocycles. The summed E-state index contributed by atoms with van der Waals surface area (Å²) in [6.07, 6.45) is 8.11. The van der Waals surface area contributed by atoms with Gasteiger partial charge in [0.15, 0.2) is 5.82 Å². The van der Waals surface area contributed by atoms with E-state index in [0.29, 0.717) is 35.6 Å². The Hall–Kier alpha value is -2.65. The number of carbonyl (C=O) groups is 1. The highest BCUT2D eigenvalue weighted by molar-refractivity contribution is 6.32. The molecule has 0 spiro atoms. The van der Waals surface area contributed by atoms with Crippen molar-refractivity contribution in [1.29, 1.82) is 0 Å². The summed E-state index contributed by atoms with van der Waals surface area (Å²) in [6, 6.07) is 0.0784. The normalized spacial score (nSPS) is 16.4. The fraction of sp³-hybridized carbons (Fsp3) is 0.412.